The molecule has 100 valence electrons. The van der Waals surface area contributed by atoms with Crippen LogP contribution in [0.2, 0.25) is 0 Å². The van der Waals surface area contributed by atoms with E-state index >= 15 is 0 Å². The Labute approximate surface area is 114 Å². The second-order valence-corrected chi connectivity index (χ2v) is 6.08. The number of nitrogens with two attached hydrogens (primary N) is 1. The molecule has 3 nitrogen and oxygen atoms in total. The first-order valence-electron chi connectivity index (χ1n) is 6.74. The van der Waals surface area contributed by atoms with E-state index in [1.165, 1.54) is 11.5 Å². The smallest absolute Gasteiger partial charge is 0.0676 e. The summed E-state index contributed by atoms with van der Waals surface area (Å²) in [7, 11) is 0. The highest BCUT2D eigenvalue weighted by Crippen LogP contribution is 2.29. The minimum Gasteiger partial charge on any atom is -0.326 e. The fourth-order valence-electron chi connectivity index (χ4n) is 2.56. The van der Waals surface area contributed by atoms with Gasteiger partial charge in [0.05, 0.1) is 11.7 Å². The summed E-state index contributed by atoms with van der Waals surface area (Å²) in [5.41, 5.74) is 7.47. The van der Waals surface area contributed by atoms with E-state index in [4.69, 9.17) is 5.73 Å². The predicted octanol–water partition coefficient (Wildman–Crippen LogP) is 2.30. The minimum absolute atomic E-state index is 0.158. The van der Waals surface area contributed by atoms with Crippen molar-refractivity contribution in [3.05, 3.63) is 30.1 Å². The first-order valence-corrected chi connectivity index (χ1v) is 7.89. The molecule has 18 heavy (non-hydrogen) atoms. The molecule has 2 heterocycles. The Bertz CT molecular complexity index is 357. The van der Waals surface area contributed by atoms with E-state index in [-0.39, 0.29) is 12.1 Å². The van der Waals surface area contributed by atoms with Gasteiger partial charge in [-0.1, -0.05) is 13.0 Å². The summed E-state index contributed by atoms with van der Waals surface area (Å²) in [4.78, 5) is 7.06. The SMILES string of the molecule is CCC(N)C(c1ccccn1)N1CCSCC1C. The fraction of sp³-hybridized carbons (Fsp3) is 0.643. The third kappa shape index (κ3) is 3.05. The van der Waals surface area contributed by atoms with Crippen LogP contribution in [0.25, 0.3) is 0 Å². The second-order valence-electron chi connectivity index (χ2n) is 4.93. The van der Waals surface area contributed by atoms with Gasteiger partial charge in [-0.25, -0.2) is 0 Å². The number of hydrogen-bond donors (Lipinski definition) is 1. The van der Waals surface area contributed by atoms with E-state index in [2.05, 4.69) is 35.9 Å². The highest BCUT2D eigenvalue weighted by Gasteiger charge is 2.31. The Morgan fingerprint density at radius 2 is 2.39 bits per heavy atom. The van der Waals surface area contributed by atoms with Gasteiger partial charge in [0.1, 0.15) is 0 Å². The molecule has 1 aromatic rings. The third-order valence-corrected chi connectivity index (χ3v) is 4.83. The molecule has 0 amide bonds. The van der Waals surface area contributed by atoms with E-state index in [1.54, 1.807) is 0 Å². The van der Waals surface area contributed by atoms with Gasteiger partial charge in [-0.3, -0.25) is 9.88 Å². The maximum absolute atomic E-state index is 6.35. The van der Waals surface area contributed by atoms with Gasteiger partial charge in [-0.05, 0) is 25.5 Å². The molecule has 1 fully saturated rings. The molecule has 2 rings (SSSR count). The Balaban J connectivity index is 2.24. The Morgan fingerprint density at radius 3 is 3.00 bits per heavy atom. The molecule has 0 aliphatic carbocycles. The molecule has 1 aliphatic rings. The molecule has 0 saturated carbocycles. The van der Waals surface area contributed by atoms with Crippen LogP contribution in [0.3, 0.4) is 0 Å². The van der Waals surface area contributed by atoms with E-state index in [0.29, 0.717) is 6.04 Å². The first-order chi connectivity index (χ1) is 8.74. The third-order valence-electron chi connectivity index (χ3n) is 3.64. The normalized spacial score (nSPS) is 24.7. The Morgan fingerprint density at radius 1 is 1.56 bits per heavy atom. The maximum Gasteiger partial charge on any atom is 0.0676 e. The van der Waals surface area contributed by atoms with Crippen LogP contribution in [0, 0.1) is 0 Å². The number of nitrogens with zero attached hydrogens (tertiary/aromatic N) is 2. The van der Waals surface area contributed by atoms with Gasteiger partial charge in [-0.2, -0.15) is 11.8 Å². The van der Waals surface area contributed by atoms with Gasteiger partial charge >= 0.3 is 0 Å². The number of thioether (sulfide) groups is 1. The molecule has 0 aromatic carbocycles. The molecular formula is C14H23N3S. The zero-order chi connectivity index (χ0) is 13.0. The van der Waals surface area contributed by atoms with Crippen LogP contribution in [-0.4, -0.2) is 40.0 Å². The average Bonchev–Trinajstić information content (AvgIpc) is 2.42. The van der Waals surface area contributed by atoms with Gasteiger partial charge in [0.25, 0.3) is 0 Å². The molecule has 1 aromatic heterocycles. The summed E-state index contributed by atoms with van der Waals surface area (Å²) >= 11 is 2.04. The van der Waals surface area contributed by atoms with Crippen molar-refractivity contribution < 1.29 is 0 Å². The van der Waals surface area contributed by atoms with Gasteiger partial charge in [-0.15, -0.1) is 0 Å². The van der Waals surface area contributed by atoms with Crippen LogP contribution >= 0.6 is 11.8 Å². The Kier molecular flexibility index (Phi) is 5.03. The number of hydrogen-bond acceptors (Lipinski definition) is 4. The molecular weight excluding hydrogens is 242 g/mol. The van der Waals surface area contributed by atoms with Gasteiger partial charge in [0.2, 0.25) is 0 Å². The lowest BCUT2D eigenvalue weighted by Crippen LogP contribution is -2.49. The van der Waals surface area contributed by atoms with Gasteiger partial charge < -0.3 is 5.73 Å². The number of aromatic nitrogens is 1. The van der Waals surface area contributed by atoms with Crippen molar-refractivity contribution >= 4 is 11.8 Å². The zero-order valence-corrected chi connectivity index (χ0v) is 12.1. The van der Waals surface area contributed by atoms with E-state index < -0.39 is 0 Å². The largest absolute Gasteiger partial charge is 0.326 e. The minimum atomic E-state index is 0.158. The lowest BCUT2D eigenvalue weighted by molar-refractivity contribution is 0.134. The maximum atomic E-state index is 6.35. The first kappa shape index (κ1) is 13.8. The van der Waals surface area contributed by atoms with Crippen molar-refractivity contribution in [2.24, 2.45) is 5.73 Å². The number of rotatable bonds is 4. The highest BCUT2D eigenvalue weighted by molar-refractivity contribution is 7.99. The molecule has 0 spiro atoms. The topological polar surface area (TPSA) is 42.1 Å². The van der Waals surface area contributed by atoms with Crippen molar-refractivity contribution in [3.63, 3.8) is 0 Å². The van der Waals surface area contributed by atoms with E-state index in [1.807, 2.05) is 24.0 Å². The predicted molar refractivity (Wildman–Crippen MR) is 78.7 cm³/mol. The molecule has 1 saturated heterocycles. The van der Waals surface area contributed by atoms with Gasteiger partial charge in [0.15, 0.2) is 0 Å². The zero-order valence-electron chi connectivity index (χ0n) is 11.2. The monoisotopic (exact) mass is 265 g/mol. The average molecular weight is 265 g/mol. The fourth-order valence-corrected chi connectivity index (χ4v) is 3.60. The van der Waals surface area contributed by atoms with Crippen molar-refractivity contribution in [2.75, 3.05) is 18.1 Å². The lowest BCUT2D eigenvalue weighted by atomic mass is 9.99. The summed E-state index contributed by atoms with van der Waals surface area (Å²) in [6, 6.07) is 7.12. The quantitative estimate of drug-likeness (QED) is 0.907. The molecule has 4 heteroatoms. The summed E-state index contributed by atoms with van der Waals surface area (Å²) in [5, 5.41) is 0. The van der Waals surface area contributed by atoms with Crippen molar-refractivity contribution in [2.45, 2.75) is 38.4 Å². The summed E-state index contributed by atoms with van der Waals surface area (Å²) in [6.45, 7) is 5.56. The van der Waals surface area contributed by atoms with Crippen LogP contribution in [0.15, 0.2) is 24.4 Å². The highest BCUT2D eigenvalue weighted by atomic mass is 32.2. The van der Waals surface area contributed by atoms with Crippen LogP contribution < -0.4 is 5.73 Å². The lowest BCUT2D eigenvalue weighted by Gasteiger charge is -2.41. The second kappa shape index (κ2) is 6.55. The van der Waals surface area contributed by atoms with Crippen LogP contribution in [-0.2, 0) is 0 Å². The van der Waals surface area contributed by atoms with E-state index in [9.17, 15) is 0 Å². The number of pyridine rings is 1. The van der Waals surface area contributed by atoms with Crippen LogP contribution in [0.4, 0.5) is 0 Å². The van der Waals surface area contributed by atoms with E-state index in [0.717, 1.165) is 18.7 Å². The van der Waals surface area contributed by atoms with Crippen LogP contribution in [0.1, 0.15) is 32.0 Å². The van der Waals surface area contributed by atoms with Crippen LogP contribution in [0.5, 0.6) is 0 Å². The summed E-state index contributed by atoms with van der Waals surface area (Å²) < 4.78 is 0. The molecule has 0 bridgehead atoms. The Hall–Kier alpha value is -0.580. The molecule has 3 unspecified atom stereocenters. The molecule has 0 radical (unpaired) electrons. The molecule has 3 atom stereocenters. The van der Waals surface area contributed by atoms with Crippen molar-refractivity contribution in [1.29, 1.82) is 0 Å². The summed E-state index contributed by atoms with van der Waals surface area (Å²) in [6.07, 6.45) is 2.85. The summed E-state index contributed by atoms with van der Waals surface area (Å²) in [5.74, 6) is 2.39. The standard InChI is InChI=1S/C14H23N3S/c1-3-12(15)14(13-6-4-5-7-16-13)17-8-9-18-10-11(17)2/h4-7,11-12,14H,3,8-10,15H2,1-2H3. The van der Waals surface area contributed by atoms with Crippen molar-refractivity contribution in [1.82, 2.24) is 9.88 Å². The molecule has 2 N–H and O–H groups in total. The van der Waals surface area contributed by atoms with Gasteiger partial charge in [0, 0.05) is 36.3 Å². The van der Waals surface area contributed by atoms with Crippen molar-refractivity contribution in [3.8, 4) is 0 Å². The molecule has 1 aliphatic heterocycles.